The number of carboxylic acid groups (broad SMARTS) is 1. The molecule has 6 nitrogen and oxygen atoms in total. The average molecular weight is 291 g/mol. The van der Waals surface area contributed by atoms with Crippen molar-refractivity contribution in [2.75, 3.05) is 0 Å². The third kappa shape index (κ3) is 2.97. The molecule has 0 aliphatic carbocycles. The number of halogens is 1. The molecule has 0 spiro atoms. The maximum Gasteiger partial charge on any atom is 0.342 e. The molecule has 108 valence electrons. The van der Waals surface area contributed by atoms with E-state index in [-0.39, 0.29) is 17.2 Å². The molecule has 1 N–H and O–H groups in total. The summed E-state index contributed by atoms with van der Waals surface area (Å²) in [6.07, 6.45) is 0. The second-order valence-corrected chi connectivity index (χ2v) is 4.23. The molecule has 0 heterocycles. The van der Waals surface area contributed by atoms with Crippen LogP contribution in [0.3, 0.4) is 0 Å². The van der Waals surface area contributed by atoms with Gasteiger partial charge < -0.3 is 9.84 Å². The van der Waals surface area contributed by atoms with Gasteiger partial charge in [-0.2, -0.15) is 0 Å². The summed E-state index contributed by atoms with van der Waals surface area (Å²) < 4.78 is 18.9. The summed E-state index contributed by atoms with van der Waals surface area (Å²) in [6.45, 7) is 1.64. The van der Waals surface area contributed by atoms with Crippen LogP contribution in [0.1, 0.15) is 15.9 Å². The van der Waals surface area contributed by atoms with Crippen LogP contribution in [0.2, 0.25) is 0 Å². The van der Waals surface area contributed by atoms with E-state index in [1.54, 1.807) is 6.92 Å². The summed E-state index contributed by atoms with van der Waals surface area (Å²) >= 11 is 0. The lowest BCUT2D eigenvalue weighted by Crippen LogP contribution is -2.04. The van der Waals surface area contributed by atoms with E-state index < -0.39 is 22.3 Å². The molecule has 21 heavy (non-hydrogen) atoms. The number of hydrogen-bond donors (Lipinski definition) is 1. The number of aryl methyl sites for hydroxylation is 1. The fourth-order valence-electron chi connectivity index (χ4n) is 1.73. The van der Waals surface area contributed by atoms with E-state index in [1.807, 2.05) is 0 Å². The van der Waals surface area contributed by atoms with Crippen LogP contribution in [0, 0.1) is 22.9 Å². The average Bonchev–Trinajstić information content (AvgIpc) is 2.40. The van der Waals surface area contributed by atoms with Gasteiger partial charge in [-0.25, -0.2) is 9.18 Å². The van der Waals surface area contributed by atoms with Crippen molar-refractivity contribution in [3.63, 3.8) is 0 Å². The Morgan fingerprint density at radius 2 is 2.00 bits per heavy atom. The largest absolute Gasteiger partial charge is 0.477 e. The van der Waals surface area contributed by atoms with E-state index in [4.69, 9.17) is 9.84 Å². The van der Waals surface area contributed by atoms with Gasteiger partial charge in [0, 0.05) is 6.07 Å². The predicted octanol–water partition coefficient (Wildman–Crippen LogP) is 3.53. The minimum atomic E-state index is -1.48. The molecule has 0 saturated heterocycles. The van der Waals surface area contributed by atoms with Crippen LogP contribution in [0.25, 0.3) is 0 Å². The van der Waals surface area contributed by atoms with Crippen molar-refractivity contribution in [2.24, 2.45) is 0 Å². The zero-order valence-electron chi connectivity index (χ0n) is 10.9. The van der Waals surface area contributed by atoms with Crippen molar-refractivity contribution in [2.45, 2.75) is 6.92 Å². The second-order valence-electron chi connectivity index (χ2n) is 4.23. The molecule has 0 radical (unpaired) electrons. The number of non-ortho nitro benzene ring substituents is 1. The van der Waals surface area contributed by atoms with E-state index in [0.717, 1.165) is 12.1 Å². The third-order valence-corrected chi connectivity index (χ3v) is 2.79. The molecule has 2 aromatic rings. The Morgan fingerprint density at radius 1 is 1.29 bits per heavy atom. The number of hydrogen-bond acceptors (Lipinski definition) is 4. The first-order valence-corrected chi connectivity index (χ1v) is 5.85. The van der Waals surface area contributed by atoms with E-state index in [1.165, 1.54) is 24.3 Å². The highest BCUT2D eigenvalue weighted by atomic mass is 19.1. The van der Waals surface area contributed by atoms with Crippen LogP contribution in [0.5, 0.6) is 11.5 Å². The number of benzene rings is 2. The molecule has 0 atom stereocenters. The van der Waals surface area contributed by atoms with E-state index >= 15 is 0 Å². The maximum absolute atomic E-state index is 13.5. The van der Waals surface area contributed by atoms with Gasteiger partial charge in [0.1, 0.15) is 22.9 Å². The van der Waals surface area contributed by atoms with Crippen LogP contribution in [-0.2, 0) is 0 Å². The highest BCUT2D eigenvalue weighted by Gasteiger charge is 2.19. The minimum Gasteiger partial charge on any atom is -0.477 e. The molecule has 2 aromatic carbocycles. The molecule has 0 aromatic heterocycles. The minimum absolute atomic E-state index is 0.0947. The van der Waals surface area contributed by atoms with E-state index in [9.17, 15) is 19.3 Å². The summed E-state index contributed by atoms with van der Waals surface area (Å²) in [5, 5.41) is 19.8. The summed E-state index contributed by atoms with van der Waals surface area (Å²) in [7, 11) is 0. The topological polar surface area (TPSA) is 89.7 Å². The fourth-order valence-corrected chi connectivity index (χ4v) is 1.73. The van der Waals surface area contributed by atoms with Crippen LogP contribution in [0.15, 0.2) is 36.4 Å². The molecule has 0 amide bonds. The SMILES string of the molecule is Cc1ccc([N+](=O)[O-])cc1Oc1cccc(F)c1C(=O)O. The van der Waals surface area contributed by atoms with Gasteiger partial charge in [-0.15, -0.1) is 0 Å². The number of nitro groups is 1. The Hall–Kier alpha value is -2.96. The lowest BCUT2D eigenvalue weighted by atomic mass is 10.1. The first-order chi connectivity index (χ1) is 9.90. The Bertz CT molecular complexity index is 729. The van der Waals surface area contributed by atoms with Crippen molar-refractivity contribution < 1.29 is 24.0 Å². The molecule has 0 saturated carbocycles. The van der Waals surface area contributed by atoms with Gasteiger partial charge in [0.15, 0.2) is 0 Å². The number of nitrogens with zero attached hydrogens (tertiary/aromatic N) is 1. The van der Waals surface area contributed by atoms with Crippen LogP contribution in [-0.4, -0.2) is 16.0 Å². The van der Waals surface area contributed by atoms with Crippen LogP contribution < -0.4 is 4.74 Å². The molecule has 0 aliphatic rings. The van der Waals surface area contributed by atoms with Gasteiger partial charge in [0.2, 0.25) is 0 Å². The van der Waals surface area contributed by atoms with Crippen molar-refractivity contribution in [1.82, 2.24) is 0 Å². The molecule has 0 fully saturated rings. The number of carbonyl (C=O) groups is 1. The lowest BCUT2D eigenvalue weighted by molar-refractivity contribution is -0.384. The van der Waals surface area contributed by atoms with Crippen molar-refractivity contribution in [1.29, 1.82) is 0 Å². The molecule has 0 bridgehead atoms. The standard InChI is InChI=1S/C14H10FNO5/c1-8-5-6-9(16(19)20)7-12(8)21-11-4-2-3-10(15)13(11)14(17)18/h2-7H,1H3,(H,17,18). The summed E-state index contributed by atoms with van der Waals surface area (Å²) in [5.74, 6) is -2.54. The van der Waals surface area contributed by atoms with Crippen molar-refractivity contribution in [3.05, 3.63) is 63.5 Å². The molecule has 2 rings (SSSR count). The van der Waals surface area contributed by atoms with Gasteiger partial charge in [0.05, 0.1) is 11.0 Å². The smallest absolute Gasteiger partial charge is 0.342 e. The quantitative estimate of drug-likeness (QED) is 0.687. The van der Waals surface area contributed by atoms with Gasteiger partial charge in [-0.1, -0.05) is 6.07 Å². The number of aromatic carboxylic acids is 1. The Morgan fingerprint density at radius 3 is 2.62 bits per heavy atom. The Kier molecular flexibility index (Phi) is 3.84. The van der Waals surface area contributed by atoms with Gasteiger partial charge >= 0.3 is 5.97 Å². The van der Waals surface area contributed by atoms with Crippen LogP contribution >= 0.6 is 0 Å². The zero-order valence-corrected chi connectivity index (χ0v) is 10.9. The summed E-state index contributed by atoms with van der Waals surface area (Å²) in [6, 6.07) is 7.50. The predicted molar refractivity (Wildman–Crippen MR) is 71.3 cm³/mol. The normalized spacial score (nSPS) is 10.2. The third-order valence-electron chi connectivity index (χ3n) is 2.79. The number of nitro benzene ring substituents is 1. The first-order valence-electron chi connectivity index (χ1n) is 5.85. The number of rotatable bonds is 4. The van der Waals surface area contributed by atoms with Gasteiger partial charge in [-0.3, -0.25) is 10.1 Å². The summed E-state index contributed by atoms with van der Waals surface area (Å²) in [5.41, 5.74) is -0.270. The van der Waals surface area contributed by atoms with Crippen LogP contribution in [0.4, 0.5) is 10.1 Å². The van der Waals surface area contributed by atoms with Gasteiger partial charge in [0.25, 0.3) is 5.69 Å². The highest BCUT2D eigenvalue weighted by molar-refractivity contribution is 5.91. The molecule has 0 aliphatic heterocycles. The van der Waals surface area contributed by atoms with Crippen molar-refractivity contribution >= 4 is 11.7 Å². The summed E-state index contributed by atoms with van der Waals surface area (Å²) in [4.78, 5) is 21.2. The maximum atomic E-state index is 13.5. The number of carboxylic acids is 1. The van der Waals surface area contributed by atoms with Gasteiger partial charge in [-0.05, 0) is 30.7 Å². The fraction of sp³-hybridized carbons (Fsp3) is 0.0714. The molecule has 7 heteroatoms. The Labute approximate surface area is 118 Å². The van der Waals surface area contributed by atoms with Crippen molar-refractivity contribution in [3.8, 4) is 11.5 Å². The monoisotopic (exact) mass is 291 g/mol. The second kappa shape index (κ2) is 5.58. The number of ether oxygens (including phenoxy) is 1. The highest BCUT2D eigenvalue weighted by Crippen LogP contribution is 2.31. The lowest BCUT2D eigenvalue weighted by Gasteiger charge is -2.11. The zero-order chi connectivity index (χ0) is 15.6. The van der Waals surface area contributed by atoms with E-state index in [2.05, 4.69) is 0 Å². The molecular formula is C14H10FNO5. The molecular weight excluding hydrogens is 281 g/mol. The Balaban J connectivity index is 2.48. The van der Waals surface area contributed by atoms with E-state index in [0.29, 0.717) is 5.56 Å². The first kappa shape index (κ1) is 14.4. The molecule has 0 unspecified atom stereocenters.